The number of aromatic nitrogens is 2. The Morgan fingerprint density at radius 2 is 1.89 bits per heavy atom. The number of piperazine rings is 1. The molecule has 1 aliphatic rings. The van der Waals surface area contributed by atoms with Crippen molar-refractivity contribution in [1.29, 1.82) is 0 Å². The highest BCUT2D eigenvalue weighted by atomic mass is 32.1. The highest BCUT2D eigenvalue weighted by Crippen LogP contribution is 2.41. The first-order chi connectivity index (χ1) is 22.3. The maximum atomic E-state index is 13.3. The quantitative estimate of drug-likeness (QED) is 0.145. The summed E-state index contributed by atoms with van der Waals surface area (Å²) in [6.45, 7) is 5.95. The number of nitrogens with zero attached hydrogens (tertiary/aromatic N) is 4. The minimum absolute atomic E-state index is 0.133. The van der Waals surface area contributed by atoms with Crippen LogP contribution in [0.25, 0.3) is 38.2 Å². The van der Waals surface area contributed by atoms with Crippen LogP contribution >= 0.6 is 11.3 Å². The largest absolute Gasteiger partial charge is 0.495 e. The summed E-state index contributed by atoms with van der Waals surface area (Å²) in [7, 11) is 5.61. The normalized spacial score (nSPS) is 14.3. The second-order valence-electron chi connectivity index (χ2n) is 11.6. The van der Waals surface area contributed by atoms with Gasteiger partial charge in [-0.25, -0.2) is 4.98 Å². The number of aryl methyl sites for hydroxylation is 1. The third kappa shape index (κ3) is 6.62. The lowest BCUT2D eigenvalue weighted by molar-refractivity contribution is -0.116. The van der Waals surface area contributed by atoms with E-state index in [9.17, 15) is 9.59 Å². The van der Waals surface area contributed by atoms with E-state index in [1.54, 1.807) is 36.8 Å². The summed E-state index contributed by atoms with van der Waals surface area (Å²) in [6.07, 6.45) is 5.96. The van der Waals surface area contributed by atoms with Gasteiger partial charge in [-0.2, -0.15) is 0 Å². The fraction of sp³-hybridized carbons (Fsp3) is 0.286. The summed E-state index contributed by atoms with van der Waals surface area (Å²) < 4.78 is 8.51. The second-order valence-corrected chi connectivity index (χ2v) is 12.5. The molecule has 4 heterocycles. The molecule has 0 bridgehead atoms. The molecule has 1 saturated heterocycles. The van der Waals surface area contributed by atoms with E-state index in [0.29, 0.717) is 29.5 Å². The molecule has 0 atom stereocenters. The minimum Gasteiger partial charge on any atom is -0.495 e. The number of carbonyl (C=O) groups is 2. The Morgan fingerprint density at radius 1 is 1.09 bits per heavy atom. The van der Waals surface area contributed by atoms with Crippen LogP contribution in [-0.2, 0) is 11.8 Å². The Morgan fingerprint density at radius 3 is 2.67 bits per heavy atom. The molecule has 0 radical (unpaired) electrons. The van der Waals surface area contributed by atoms with E-state index in [1.165, 1.54) is 0 Å². The summed E-state index contributed by atoms with van der Waals surface area (Å²) in [5.41, 5.74) is 11.1. The van der Waals surface area contributed by atoms with E-state index in [4.69, 9.17) is 10.5 Å². The van der Waals surface area contributed by atoms with Gasteiger partial charge in [-0.15, -0.1) is 11.3 Å². The molecule has 238 valence electrons. The molecule has 6 rings (SSSR count). The van der Waals surface area contributed by atoms with Gasteiger partial charge in [0.15, 0.2) is 0 Å². The van der Waals surface area contributed by atoms with Crippen LogP contribution in [0.15, 0.2) is 66.2 Å². The molecule has 3 aromatic heterocycles. The van der Waals surface area contributed by atoms with Gasteiger partial charge < -0.3 is 35.5 Å². The first-order valence-electron chi connectivity index (χ1n) is 15.4. The zero-order valence-corrected chi connectivity index (χ0v) is 27.2. The van der Waals surface area contributed by atoms with Crippen molar-refractivity contribution in [3.8, 4) is 16.9 Å². The number of methoxy groups -OCH3 is 1. The van der Waals surface area contributed by atoms with E-state index in [-0.39, 0.29) is 11.8 Å². The first kappa shape index (κ1) is 31.3. The Labute approximate surface area is 272 Å². The molecule has 2 aromatic carbocycles. The lowest BCUT2D eigenvalue weighted by atomic mass is 10.0. The zero-order valence-electron chi connectivity index (χ0n) is 26.4. The molecule has 4 N–H and O–H groups in total. The number of anilines is 2. The van der Waals surface area contributed by atoms with Crippen LogP contribution in [0.4, 0.5) is 11.5 Å². The van der Waals surface area contributed by atoms with Gasteiger partial charge in [-0.1, -0.05) is 24.3 Å². The standard InChI is InChI=1S/C35H39N7O3S/c1-40-15-17-42(18-16-40)14-6-13-37-31(43)12-10-25-21-38-34(36)32-26(22-46-33(25)32)23-9-11-27(30(20-23)45-3)39-35(44)29-19-24-7-4-5-8-28(24)41(29)2/h4-5,7-12,19-22H,6,13-18H2,1-3H3,(H2,36,38)(H,37,43)(H,39,44)/b12-10+. The van der Waals surface area contributed by atoms with Crippen molar-refractivity contribution >= 4 is 61.7 Å². The molecule has 0 spiro atoms. The number of nitrogens with one attached hydrogen (secondary N) is 2. The fourth-order valence-corrected chi connectivity index (χ4v) is 6.96. The number of thiophene rings is 1. The molecule has 10 nitrogen and oxygen atoms in total. The highest BCUT2D eigenvalue weighted by Gasteiger charge is 2.18. The van der Waals surface area contributed by atoms with Gasteiger partial charge in [0, 0.05) is 84.2 Å². The molecule has 2 amide bonds. The molecule has 1 aliphatic heterocycles. The van der Waals surface area contributed by atoms with Crippen molar-refractivity contribution in [3.05, 3.63) is 77.4 Å². The smallest absolute Gasteiger partial charge is 0.272 e. The van der Waals surface area contributed by atoms with Crippen LogP contribution in [0.1, 0.15) is 22.5 Å². The number of pyridine rings is 1. The highest BCUT2D eigenvalue weighted by molar-refractivity contribution is 7.18. The number of nitrogen functional groups attached to an aromatic ring is 1. The monoisotopic (exact) mass is 637 g/mol. The van der Waals surface area contributed by atoms with Gasteiger partial charge in [-0.05, 0) is 61.3 Å². The molecular weight excluding hydrogens is 598 g/mol. The Bertz CT molecular complexity index is 1920. The number of nitrogens with two attached hydrogens (primary N) is 1. The average Bonchev–Trinajstić information content (AvgIpc) is 3.66. The Balaban J connectivity index is 1.15. The van der Waals surface area contributed by atoms with Gasteiger partial charge in [0.25, 0.3) is 5.91 Å². The minimum atomic E-state index is -0.227. The average molecular weight is 638 g/mol. The summed E-state index contributed by atoms with van der Waals surface area (Å²) in [5.74, 6) is 0.570. The van der Waals surface area contributed by atoms with Crippen molar-refractivity contribution in [2.75, 3.05) is 64.5 Å². The van der Waals surface area contributed by atoms with Gasteiger partial charge in [0.1, 0.15) is 17.3 Å². The van der Waals surface area contributed by atoms with Gasteiger partial charge in [-0.3, -0.25) is 9.59 Å². The van der Waals surface area contributed by atoms with Crippen LogP contribution in [-0.4, -0.2) is 84.6 Å². The summed E-state index contributed by atoms with van der Waals surface area (Å²) >= 11 is 1.54. The molecule has 11 heteroatoms. The third-order valence-corrected chi connectivity index (χ3v) is 9.59. The number of ether oxygens (including phenoxy) is 1. The zero-order chi connectivity index (χ0) is 32.2. The molecule has 0 saturated carbocycles. The number of amides is 2. The van der Waals surface area contributed by atoms with Crippen molar-refractivity contribution in [2.45, 2.75) is 6.42 Å². The molecule has 5 aromatic rings. The molecule has 1 fully saturated rings. The summed E-state index contributed by atoms with van der Waals surface area (Å²) in [6, 6.07) is 15.4. The van der Waals surface area contributed by atoms with Crippen LogP contribution in [0.5, 0.6) is 5.75 Å². The van der Waals surface area contributed by atoms with Crippen LogP contribution < -0.4 is 21.1 Å². The molecule has 0 unspecified atom stereocenters. The molecule has 0 aliphatic carbocycles. The predicted octanol–water partition coefficient (Wildman–Crippen LogP) is 5.07. The van der Waals surface area contributed by atoms with Gasteiger partial charge in [0.2, 0.25) is 5.91 Å². The van der Waals surface area contributed by atoms with E-state index < -0.39 is 0 Å². The third-order valence-electron chi connectivity index (χ3n) is 8.56. The van der Waals surface area contributed by atoms with E-state index in [0.717, 1.165) is 76.8 Å². The van der Waals surface area contributed by atoms with Crippen molar-refractivity contribution in [1.82, 2.24) is 24.7 Å². The van der Waals surface area contributed by atoms with Gasteiger partial charge in [0.05, 0.1) is 12.8 Å². The number of fused-ring (bicyclic) bond motifs is 2. The van der Waals surface area contributed by atoms with E-state index >= 15 is 0 Å². The van der Waals surface area contributed by atoms with E-state index in [1.807, 2.05) is 65.5 Å². The van der Waals surface area contributed by atoms with Crippen LogP contribution in [0, 0.1) is 0 Å². The number of benzene rings is 2. The van der Waals surface area contributed by atoms with Crippen LogP contribution in [0.3, 0.4) is 0 Å². The Kier molecular flexibility index (Phi) is 9.34. The number of hydrogen-bond acceptors (Lipinski definition) is 8. The van der Waals surface area contributed by atoms with Crippen LogP contribution in [0.2, 0.25) is 0 Å². The fourth-order valence-electron chi connectivity index (χ4n) is 5.88. The van der Waals surface area contributed by atoms with E-state index in [2.05, 4.69) is 32.5 Å². The SMILES string of the molecule is COc1cc(-c2csc3c(/C=C/C(=O)NCCCN4CCN(C)CC4)cnc(N)c23)ccc1NC(=O)c1cc2ccccc2n1C. The van der Waals surface area contributed by atoms with Crippen molar-refractivity contribution < 1.29 is 14.3 Å². The maximum Gasteiger partial charge on any atom is 0.272 e. The predicted molar refractivity (Wildman–Crippen MR) is 187 cm³/mol. The first-order valence-corrected chi connectivity index (χ1v) is 16.3. The number of carbonyl (C=O) groups excluding carboxylic acids is 2. The lowest BCUT2D eigenvalue weighted by Crippen LogP contribution is -2.45. The number of para-hydroxylation sites is 1. The molecule has 46 heavy (non-hydrogen) atoms. The van der Waals surface area contributed by atoms with Gasteiger partial charge >= 0.3 is 0 Å². The maximum absolute atomic E-state index is 13.3. The van der Waals surface area contributed by atoms with Crippen molar-refractivity contribution in [3.63, 3.8) is 0 Å². The Hall–Kier alpha value is -4.71. The van der Waals surface area contributed by atoms with Crippen molar-refractivity contribution in [2.24, 2.45) is 7.05 Å². The second kappa shape index (κ2) is 13.7. The summed E-state index contributed by atoms with van der Waals surface area (Å²) in [5, 5.41) is 9.84. The number of hydrogen-bond donors (Lipinski definition) is 3. The topological polar surface area (TPSA) is 118 Å². The number of likely N-dealkylation sites (N-methyl/N-ethyl adjacent to an activating group) is 1. The number of rotatable bonds is 10. The lowest BCUT2D eigenvalue weighted by Gasteiger charge is -2.32. The summed E-state index contributed by atoms with van der Waals surface area (Å²) in [4.78, 5) is 35.0. The molecular formula is C35H39N7O3S.